The minimum Gasteiger partial charge on any atom is -0.195 e. The van der Waals surface area contributed by atoms with Gasteiger partial charge in [0.25, 0.3) is 0 Å². The number of hydrogen-bond donors (Lipinski definition) is 0. The molecular weight excluding hydrogens is 502 g/mol. The van der Waals surface area contributed by atoms with Gasteiger partial charge in [-0.1, -0.05) is 200 Å². The number of rotatable bonds is 16. The molecule has 0 radical (unpaired) electrons. The smallest absolute Gasteiger partial charge is 0.108 e. The van der Waals surface area contributed by atoms with E-state index in [1.165, 1.54) is 73.2 Å². The summed E-state index contributed by atoms with van der Waals surface area (Å²) in [4.78, 5) is 0. The molecule has 0 amide bonds. The first kappa shape index (κ1) is 33.5. The average molecular weight is 559 g/mol. The van der Waals surface area contributed by atoms with Crippen molar-refractivity contribution in [2.45, 2.75) is 104 Å². The standard InChI is InChI=1S/C24H20B.C16H36B/c1-5-13-21(14-6-1)25(22-15-7-2-8-16-22,23-17-9-3-10-18-23)24-19-11-4-12-20-24;1-5-9-13-17(14-10-6-2,15-11-7-3)16-12-8-4/h1-20H;5-16H2,1-4H3/q2*-1. The minimum atomic E-state index is -1.22. The lowest BCUT2D eigenvalue weighted by Crippen LogP contribution is -2.74. The Morgan fingerprint density at radius 3 is 0.738 bits per heavy atom. The summed E-state index contributed by atoms with van der Waals surface area (Å²) in [5.74, 6) is 0. The molecule has 2 heteroatoms. The molecular formula is C40H56B2-2. The summed E-state index contributed by atoms with van der Waals surface area (Å²) in [6.07, 6.45) is 16.4. The van der Waals surface area contributed by atoms with Crippen LogP contribution in [0.5, 0.6) is 0 Å². The van der Waals surface area contributed by atoms with Crippen LogP contribution in [-0.2, 0) is 0 Å². The quantitative estimate of drug-likeness (QED) is 0.120. The van der Waals surface area contributed by atoms with E-state index in [1.807, 2.05) is 0 Å². The fourth-order valence-electron chi connectivity index (χ4n) is 7.54. The Hall–Kier alpha value is -2.99. The molecule has 0 unspecified atom stereocenters. The van der Waals surface area contributed by atoms with Crippen molar-refractivity contribution in [1.29, 1.82) is 0 Å². The highest BCUT2D eigenvalue weighted by Crippen LogP contribution is 2.33. The van der Waals surface area contributed by atoms with Gasteiger partial charge in [0.05, 0.1) is 0 Å². The van der Waals surface area contributed by atoms with Gasteiger partial charge >= 0.3 is 0 Å². The lowest BCUT2D eigenvalue weighted by molar-refractivity contribution is 0.762. The second-order valence-electron chi connectivity index (χ2n) is 12.8. The van der Waals surface area contributed by atoms with Crippen LogP contribution >= 0.6 is 0 Å². The highest BCUT2D eigenvalue weighted by Gasteiger charge is 2.31. The summed E-state index contributed by atoms with van der Waals surface area (Å²) < 4.78 is 0. The maximum absolute atomic E-state index is 2.35. The van der Waals surface area contributed by atoms with Crippen LogP contribution in [0.3, 0.4) is 0 Å². The highest BCUT2D eigenvalue weighted by molar-refractivity contribution is 7.19. The zero-order valence-corrected chi connectivity index (χ0v) is 27.2. The van der Waals surface area contributed by atoms with E-state index < -0.39 is 6.15 Å². The zero-order valence-electron chi connectivity index (χ0n) is 27.2. The number of unbranched alkanes of at least 4 members (excludes halogenated alkanes) is 4. The van der Waals surface area contributed by atoms with Crippen LogP contribution in [0.4, 0.5) is 0 Å². The van der Waals surface area contributed by atoms with Crippen LogP contribution in [0.1, 0.15) is 79.1 Å². The largest absolute Gasteiger partial charge is 0.195 e. The monoisotopic (exact) mass is 558 g/mol. The Kier molecular flexibility index (Phi) is 14.8. The molecule has 0 saturated carbocycles. The second kappa shape index (κ2) is 18.5. The first-order valence-corrected chi connectivity index (χ1v) is 17.3. The predicted molar refractivity (Wildman–Crippen MR) is 195 cm³/mol. The van der Waals surface area contributed by atoms with Crippen molar-refractivity contribution in [2.75, 3.05) is 0 Å². The Morgan fingerprint density at radius 1 is 0.333 bits per heavy atom. The zero-order chi connectivity index (χ0) is 29.9. The van der Waals surface area contributed by atoms with Gasteiger partial charge in [-0.05, 0) is 0 Å². The fraction of sp³-hybridized carbons (Fsp3) is 0.400. The molecule has 0 aliphatic heterocycles. The molecule has 0 aliphatic carbocycles. The topological polar surface area (TPSA) is 0 Å². The van der Waals surface area contributed by atoms with Gasteiger partial charge in [0.15, 0.2) is 0 Å². The van der Waals surface area contributed by atoms with Crippen LogP contribution in [0.15, 0.2) is 121 Å². The van der Waals surface area contributed by atoms with Gasteiger partial charge in [0.2, 0.25) is 0 Å². The van der Waals surface area contributed by atoms with Crippen molar-refractivity contribution in [3.63, 3.8) is 0 Å². The van der Waals surface area contributed by atoms with Crippen LogP contribution in [0.25, 0.3) is 0 Å². The molecule has 4 aromatic carbocycles. The average Bonchev–Trinajstić information content (AvgIpc) is 3.07. The first-order chi connectivity index (χ1) is 20.7. The third kappa shape index (κ3) is 9.00. The summed E-state index contributed by atoms with van der Waals surface area (Å²) in [6, 6.07) is 43.5. The van der Waals surface area contributed by atoms with E-state index in [1.54, 1.807) is 25.3 Å². The van der Waals surface area contributed by atoms with Gasteiger partial charge in [-0.3, -0.25) is 0 Å². The van der Waals surface area contributed by atoms with Gasteiger partial charge in [0.1, 0.15) is 6.15 Å². The normalized spacial score (nSPS) is 11.5. The van der Waals surface area contributed by atoms with Crippen molar-refractivity contribution < 1.29 is 0 Å². The molecule has 0 N–H and O–H groups in total. The molecule has 0 aromatic heterocycles. The molecule has 4 rings (SSSR count). The summed E-state index contributed by atoms with van der Waals surface area (Å²) in [5, 5.41) is 0. The van der Waals surface area contributed by atoms with Gasteiger partial charge in [-0.25, -0.2) is 0 Å². The van der Waals surface area contributed by atoms with E-state index in [4.69, 9.17) is 0 Å². The molecule has 0 nitrogen and oxygen atoms in total. The van der Waals surface area contributed by atoms with Gasteiger partial charge in [-0.15, -0.1) is 0 Å². The van der Waals surface area contributed by atoms with Crippen LogP contribution in [0, 0.1) is 0 Å². The van der Waals surface area contributed by atoms with Crippen LogP contribution in [-0.4, -0.2) is 12.3 Å². The summed E-state index contributed by atoms with van der Waals surface area (Å²) in [6.45, 7) is 9.39. The SMILES string of the molecule is CCCC[B-](CCCC)(CCCC)CCCC.c1ccc([B-](c2ccccc2)(c2ccccc2)c2ccccc2)cc1. The van der Waals surface area contributed by atoms with Crippen molar-refractivity contribution in [3.05, 3.63) is 121 Å². The number of benzene rings is 4. The van der Waals surface area contributed by atoms with Gasteiger partial charge < -0.3 is 0 Å². The summed E-state index contributed by atoms with van der Waals surface area (Å²) >= 11 is 0. The van der Waals surface area contributed by atoms with E-state index in [-0.39, 0.29) is 6.15 Å². The second-order valence-corrected chi connectivity index (χ2v) is 12.8. The minimum absolute atomic E-state index is 0.00722. The molecule has 0 heterocycles. The van der Waals surface area contributed by atoms with Crippen LogP contribution < -0.4 is 21.9 Å². The third-order valence-corrected chi connectivity index (χ3v) is 9.88. The lowest BCUT2D eigenvalue weighted by Gasteiger charge is -2.44. The van der Waals surface area contributed by atoms with Crippen LogP contribution in [0.2, 0.25) is 25.3 Å². The molecule has 0 bridgehead atoms. The molecule has 42 heavy (non-hydrogen) atoms. The molecule has 224 valence electrons. The molecule has 0 saturated heterocycles. The van der Waals surface area contributed by atoms with E-state index in [0.29, 0.717) is 0 Å². The lowest BCUT2D eigenvalue weighted by atomic mass is 9.13. The van der Waals surface area contributed by atoms with Crippen molar-refractivity contribution in [2.24, 2.45) is 0 Å². The molecule has 0 spiro atoms. The fourth-order valence-corrected chi connectivity index (χ4v) is 7.54. The van der Waals surface area contributed by atoms with E-state index >= 15 is 0 Å². The Bertz CT molecular complexity index is 1000. The van der Waals surface area contributed by atoms with Gasteiger partial charge in [-0.2, -0.15) is 47.1 Å². The van der Waals surface area contributed by atoms with Gasteiger partial charge in [0, 0.05) is 6.15 Å². The predicted octanol–water partition coefficient (Wildman–Crippen LogP) is 9.70. The Morgan fingerprint density at radius 2 is 0.548 bits per heavy atom. The highest BCUT2D eigenvalue weighted by atomic mass is 14.1. The Labute approximate surface area is 259 Å². The van der Waals surface area contributed by atoms with Crippen molar-refractivity contribution in [1.82, 2.24) is 0 Å². The summed E-state index contributed by atoms with van der Waals surface area (Å²) in [5.41, 5.74) is 5.36. The third-order valence-electron chi connectivity index (χ3n) is 9.88. The summed E-state index contributed by atoms with van der Waals surface area (Å²) in [7, 11) is 0. The molecule has 0 aliphatic rings. The van der Waals surface area contributed by atoms with E-state index in [0.717, 1.165) is 0 Å². The van der Waals surface area contributed by atoms with Crippen molar-refractivity contribution >= 4 is 34.1 Å². The maximum atomic E-state index is 2.35. The molecule has 0 fully saturated rings. The first-order valence-electron chi connectivity index (χ1n) is 17.3. The van der Waals surface area contributed by atoms with E-state index in [2.05, 4.69) is 149 Å². The van der Waals surface area contributed by atoms with Crippen molar-refractivity contribution in [3.8, 4) is 0 Å². The maximum Gasteiger partial charge on any atom is 0.108 e. The molecule has 0 atom stereocenters. The molecule has 4 aromatic rings. The Balaban J connectivity index is 0.000000252. The van der Waals surface area contributed by atoms with E-state index in [9.17, 15) is 0 Å². The number of hydrogen-bond acceptors (Lipinski definition) is 0.